The summed E-state index contributed by atoms with van der Waals surface area (Å²) in [6.45, 7) is 0. The molecule has 0 heterocycles. The predicted octanol–water partition coefficient (Wildman–Crippen LogP) is 3.41. The summed E-state index contributed by atoms with van der Waals surface area (Å²) in [6.07, 6.45) is 0. The van der Waals surface area contributed by atoms with Crippen LogP contribution in [0.25, 0.3) is 11.1 Å². The zero-order chi connectivity index (χ0) is 12.4. The third-order valence-corrected chi connectivity index (χ3v) is 2.61. The number of carboxylic acids is 1. The van der Waals surface area contributed by atoms with Crippen molar-refractivity contribution in [2.45, 2.75) is 0 Å². The summed E-state index contributed by atoms with van der Waals surface area (Å²) in [7, 11) is 0. The maximum Gasteiger partial charge on any atom is 0.339 e. The summed E-state index contributed by atoms with van der Waals surface area (Å²) in [5, 5.41) is 19.1. The van der Waals surface area contributed by atoms with E-state index in [-0.39, 0.29) is 16.3 Å². The highest BCUT2D eigenvalue weighted by molar-refractivity contribution is 6.31. The van der Waals surface area contributed by atoms with Gasteiger partial charge in [-0.2, -0.15) is 0 Å². The van der Waals surface area contributed by atoms with Gasteiger partial charge in [-0.25, -0.2) is 4.79 Å². The number of aromatic carboxylic acids is 1. The van der Waals surface area contributed by atoms with Crippen LogP contribution in [0.4, 0.5) is 0 Å². The number of carboxylic acid groups (broad SMARTS) is 1. The fourth-order valence-electron chi connectivity index (χ4n) is 1.60. The van der Waals surface area contributed by atoms with E-state index in [0.29, 0.717) is 5.56 Å². The van der Waals surface area contributed by atoms with Crippen LogP contribution in [0.3, 0.4) is 0 Å². The van der Waals surface area contributed by atoms with Crippen LogP contribution in [0.1, 0.15) is 10.4 Å². The first-order valence-corrected chi connectivity index (χ1v) is 5.28. The molecule has 0 atom stereocenters. The van der Waals surface area contributed by atoms with Crippen molar-refractivity contribution in [1.82, 2.24) is 0 Å². The molecule has 2 aromatic rings. The Balaban J connectivity index is 2.67. The molecule has 0 spiro atoms. The molecule has 2 aromatic carbocycles. The van der Waals surface area contributed by atoms with Crippen LogP contribution in [0.5, 0.6) is 5.75 Å². The molecule has 3 nitrogen and oxygen atoms in total. The van der Waals surface area contributed by atoms with Crippen LogP contribution < -0.4 is 0 Å². The van der Waals surface area contributed by atoms with Crippen molar-refractivity contribution in [1.29, 1.82) is 0 Å². The van der Waals surface area contributed by atoms with Crippen molar-refractivity contribution in [2.24, 2.45) is 0 Å². The largest absolute Gasteiger partial charge is 0.506 e. The van der Waals surface area contributed by atoms with Crippen molar-refractivity contribution in [3.63, 3.8) is 0 Å². The van der Waals surface area contributed by atoms with E-state index >= 15 is 0 Å². The van der Waals surface area contributed by atoms with Crippen molar-refractivity contribution in [3.05, 3.63) is 53.1 Å². The number of hydrogen-bond donors (Lipinski definition) is 2. The third-order valence-electron chi connectivity index (χ3n) is 2.39. The topological polar surface area (TPSA) is 57.5 Å². The van der Waals surface area contributed by atoms with Crippen molar-refractivity contribution < 1.29 is 15.0 Å². The minimum atomic E-state index is -1.21. The van der Waals surface area contributed by atoms with Gasteiger partial charge >= 0.3 is 5.97 Å². The molecule has 0 saturated heterocycles. The summed E-state index contributed by atoms with van der Waals surface area (Å²) in [5.41, 5.74) is 0.932. The van der Waals surface area contributed by atoms with Gasteiger partial charge in [-0.05, 0) is 17.7 Å². The van der Waals surface area contributed by atoms with Gasteiger partial charge in [0.2, 0.25) is 0 Å². The summed E-state index contributed by atoms with van der Waals surface area (Å²) in [6, 6.07) is 11.8. The van der Waals surface area contributed by atoms with E-state index in [1.54, 1.807) is 30.3 Å². The Morgan fingerprint density at radius 2 is 1.76 bits per heavy atom. The second-order valence-electron chi connectivity index (χ2n) is 3.52. The average Bonchev–Trinajstić information content (AvgIpc) is 2.32. The summed E-state index contributed by atoms with van der Waals surface area (Å²) >= 11 is 5.84. The lowest BCUT2D eigenvalue weighted by atomic mass is 10.0. The minimum Gasteiger partial charge on any atom is -0.506 e. The molecule has 86 valence electrons. The number of hydrogen-bond acceptors (Lipinski definition) is 2. The summed E-state index contributed by atoms with van der Waals surface area (Å²) in [4.78, 5) is 10.9. The van der Waals surface area contributed by atoms with E-state index in [9.17, 15) is 9.90 Å². The van der Waals surface area contributed by atoms with Crippen LogP contribution in [-0.2, 0) is 0 Å². The van der Waals surface area contributed by atoms with E-state index in [4.69, 9.17) is 16.7 Å². The van der Waals surface area contributed by atoms with Crippen molar-refractivity contribution in [3.8, 4) is 16.9 Å². The van der Waals surface area contributed by atoms with E-state index in [1.807, 2.05) is 6.07 Å². The minimum absolute atomic E-state index is 0.198. The molecule has 17 heavy (non-hydrogen) atoms. The lowest BCUT2D eigenvalue weighted by Gasteiger charge is -2.08. The number of phenols is 1. The first-order chi connectivity index (χ1) is 8.09. The highest BCUT2D eigenvalue weighted by atomic mass is 35.5. The molecule has 2 rings (SSSR count). The van der Waals surface area contributed by atoms with Crippen LogP contribution >= 0.6 is 11.6 Å². The lowest BCUT2D eigenvalue weighted by molar-refractivity contribution is 0.0694. The van der Waals surface area contributed by atoms with E-state index in [1.165, 1.54) is 6.07 Å². The zero-order valence-corrected chi connectivity index (χ0v) is 9.48. The Bertz CT molecular complexity index is 564. The van der Waals surface area contributed by atoms with Crippen LogP contribution in [-0.4, -0.2) is 16.2 Å². The predicted molar refractivity (Wildman–Crippen MR) is 65.5 cm³/mol. The fraction of sp³-hybridized carbons (Fsp3) is 0. The second kappa shape index (κ2) is 4.47. The smallest absolute Gasteiger partial charge is 0.339 e. The number of benzene rings is 2. The van der Waals surface area contributed by atoms with Gasteiger partial charge in [0.05, 0.1) is 0 Å². The Kier molecular flexibility index (Phi) is 3.02. The van der Waals surface area contributed by atoms with Crippen LogP contribution in [0.15, 0.2) is 42.5 Å². The zero-order valence-electron chi connectivity index (χ0n) is 8.72. The van der Waals surface area contributed by atoms with Gasteiger partial charge < -0.3 is 10.2 Å². The van der Waals surface area contributed by atoms with Crippen molar-refractivity contribution in [2.75, 3.05) is 0 Å². The molecular weight excluding hydrogens is 240 g/mol. The number of halogens is 1. The van der Waals surface area contributed by atoms with Gasteiger partial charge in [-0.15, -0.1) is 0 Å². The normalized spacial score (nSPS) is 10.2. The molecule has 0 aliphatic rings. The molecule has 0 bridgehead atoms. The molecule has 0 aliphatic carbocycles. The first kappa shape index (κ1) is 11.5. The maximum atomic E-state index is 10.9. The fourth-order valence-corrected chi connectivity index (χ4v) is 1.82. The van der Waals surface area contributed by atoms with Gasteiger partial charge in [-0.3, -0.25) is 0 Å². The Morgan fingerprint density at radius 1 is 1.12 bits per heavy atom. The van der Waals surface area contributed by atoms with Gasteiger partial charge in [0.15, 0.2) is 0 Å². The molecule has 0 unspecified atom stereocenters. The number of aromatic hydroxyl groups is 1. The summed E-state index contributed by atoms with van der Waals surface area (Å²) < 4.78 is 0. The molecular formula is C13H9ClO3. The van der Waals surface area contributed by atoms with Gasteiger partial charge in [0.25, 0.3) is 0 Å². The Morgan fingerprint density at radius 3 is 2.35 bits per heavy atom. The quantitative estimate of drug-likeness (QED) is 0.856. The van der Waals surface area contributed by atoms with E-state index in [0.717, 1.165) is 5.56 Å². The lowest BCUT2D eigenvalue weighted by Crippen LogP contribution is -1.98. The molecule has 0 aliphatic heterocycles. The van der Waals surface area contributed by atoms with E-state index in [2.05, 4.69) is 0 Å². The monoisotopic (exact) mass is 248 g/mol. The van der Waals surface area contributed by atoms with Crippen LogP contribution in [0.2, 0.25) is 5.02 Å². The number of carbonyl (C=O) groups is 1. The van der Waals surface area contributed by atoms with Gasteiger partial charge in [0, 0.05) is 10.6 Å². The van der Waals surface area contributed by atoms with Crippen molar-refractivity contribution >= 4 is 17.6 Å². The molecule has 4 heteroatoms. The maximum absolute atomic E-state index is 10.9. The van der Waals surface area contributed by atoms with E-state index < -0.39 is 5.97 Å². The molecule has 0 radical (unpaired) electrons. The SMILES string of the molecule is O=C(O)c1cc(Cl)cc(-c2ccccc2)c1O. The highest BCUT2D eigenvalue weighted by Gasteiger charge is 2.15. The summed E-state index contributed by atoms with van der Waals surface area (Å²) in [5.74, 6) is -1.48. The van der Waals surface area contributed by atoms with Gasteiger partial charge in [0.1, 0.15) is 11.3 Å². The molecule has 0 saturated carbocycles. The standard InChI is InChI=1S/C13H9ClO3/c14-9-6-10(8-4-2-1-3-5-8)12(15)11(7-9)13(16)17/h1-7,15H,(H,16,17). The first-order valence-electron chi connectivity index (χ1n) is 4.91. The molecule has 0 aromatic heterocycles. The Hall–Kier alpha value is -2.00. The van der Waals surface area contributed by atoms with Crippen LogP contribution in [0, 0.1) is 0 Å². The van der Waals surface area contributed by atoms with Gasteiger partial charge in [-0.1, -0.05) is 41.9 Å². The second-order valence-corrected chi connectivity index (χ2v) is 3.96. The average molecular weight is 249 g/mol. The third kappa shape index (κ3) is 2.24. The molecule has 0 amide bonds. The molecule has 0 fully saturated rings. The highest BCUT2D eigenvalue weighted by Crippen LogP contribution is 2.35. The Labute approximate surface area is 103 Å². The number of rotatable bonds is 2. The molecule has 2 N–H and O–H groups in total.